The third-order valence-corrected chi connectivity index (χ3v) is 3.77. The molecule has 3 nitrogen and oxygen atoms in total. The molecule has 2 rings (SSSR count). The maximum atomic E-state index is 12.5. The Labute approximate surface area is 120 Å². The van der Waals surface area contributed by atoms with Gasteiger partial charge < -0.3 is 9.64 Å². The lowest BCUT2D eigenvalue weighted by atomic mass is 10.1. The molecule has 0 aromatic heterocycles. The Morgan fingerprint density at radius 3 is 3.00 bits per heavy atom. The Kier molecular flexibility index (Phi) is 4.65. The molecule has 0 spiro atoms. The van der Waals surface area contributed by atoms with Gasteiger partial charge in [0, 0.05) is 22.5 Å². The van der Waals surface area contributed by atoms with Crippen LogP contribution in [0, 0.1) is 6.92 Å². The standard InChI is InChI=1S/C13H15BrClNO2/c1-9-4-10(6-11(14)5-9)13(17)16-2-3-18-8-12(16)7-15/h4-6,12H,2-3,7-8H2,1H3. The topological polar surface area (TPSA) is 29.5 Å². The molecule has 18 heavy (non-hydrogen) atoms. The van der Waals surface area contributed by atoms with E-state index in [-0.39, 0.29) is 11.9 Å². The number of morpholine rings is 1. The number of aryl methyl sites for hydroxylation is 1. The van der Waals surface area contributed by atoms with Crippen LogP contribution in [0.15, 0.2) is 22.7 Å². The van der Waals surface area contributed by atoms with Gasteiger partial charge in [0.2, 0.25) is 0 Å². The van der Waals surface area contributed by atoms with E-state index in [9.17, 15) is 4.79 Å². The summed E-state index contributed by atoms with van der Waals surface area (Å²) in [6, 6.07) is 5.69. The summed E-state index contributed by atoms with van der Waals surface area (Å²) in [5, 5.41) is 0. The molecule has 1 aromatic rings. The summed E-state index contributed by atoms with van der Waals surface area (Å²) in [4.78, 5) is 14.3. The SMILES string of the molecule is Cc1cc(Br)cc(C(=O)N2CCOCC2CCl)c1. The Morgan fingerprint density at radius 1 is 1.56 bits per heavy atom. The second kappa shape index (κ2) is 6.04. The number of hydrogen-bond acceptors (Lipinski definition) is 2. The Balaban J connectivity index is 2.23. The monoisotopic (exact) mass is 331 g/mol. The van der Waals surface area contributed by atoms with Crippen molar-refractivity contribution in [3.63, 3.8) is 0 Å². The number of carbonyl (C=O) groups excluding carboxylic acids is 1. The van der Waals surface area contributed by atoms with Gasteiger partial charge in [0.15, 0.2) is 0 Å². The number of hydrogen-bond donors (Lipinski definition) is 0. The number of carbonyl (C=O) groups is 1. The molecule has 1 fully saturated rings. The van der Waals surface area contributed by atoms with Crippen molar-refractivity contribution in [1.82, 2.24) is 4.90 Å². The van der Waals surface area contributed by atoms with Crippen molar-refractivity contribution in [2.45, 2.75) is 13.0 Å². The smallest absolute Gasteiger partial charge is 0.254 e. The van der Waals surface area contributed by atoms with Gasteiger partial charge in [-0.25, -0.2) is 0 Å². The van der Waals surface area contributed by atoms with Crippen molar-refractivity contribution in [2.75, 3.05) is 25.6 Å². The van der Waals surface area contributed by atoms with E-state index in [0.29, 0.717) is 31.2 Å². The molecule has 98 valence electrons. The minimum Gasteiger partial charge on any atom is -0.377 e. The first kappa shape index (κ1) is 13.8. The third kappa shape index (κ3) is 3.05. The number of halogens is 2. The van der Waals surface area contributed by atoms with Crippen molar-refractivity contribution >= 4 is 33.4 Å². The minimum atomic E-state index is -0.0350. The van der Waals surface area contributed by atoms with Crippen LogP contribution in [-0.4, -0.2) is 42.5 Å². The van der Waals surface area contributed by atoms with Crippen LogP contribution < -0.4 is 0 Å². The van der Waals surface area contributed by atoms with Crippen molar-refractivity contribution in [1.29, 1.82) is 0 Å². The molecule has 1 atom stereocenters. The van der Waals surface area contributed by atoms with Gasteiger partial charge >= 0.3 is 0 Å². The van der Waals surface area contributed by atoms with Gasteiger partial charge in [-0.15, -0.1) is 11.6 Å². The molecule has 5 heteroatoms. The fourth-order valence-corrected chi connectivity index (χ4v) is 2.94. The van der Waals surface area contributed by atoms with Crippen LogP contribution >= 0.6 is 27.5 Å². The normalized spacial score (nSPS) is 19.9. The maximum Gasteiger partial charge on any atom is 0.254 e. The Hall–Kier alpha value is -0.580. The van der Waals surface area contributed by atoms with Gasteiger partial charge in [0.25, 0.3) is 5.91 Å². The summed E-state index contributed by atoms with van der Waals surface area (Å²) < 4.78 is 6.27. The molecule has 0 radical (unpaired) electrons. The molecule has 1 saturated heterocycles. The van der Waals surface area contributed by atoms with Gasteiger partial charge in [-0.2, -0.15) is 0 Å². The summed E-state index contributed by atoms with van der Waals surface area (Å²) in [5.74, 6) is 0.423. The predicted octanol–water partition coefficient (Wildman–Crippen LogP) is 2.84. The van der Waals surface area contributed by atoms with Gasteiger partial charge in [0.1, 0.15) is 0 Å². The first-order chi connectivity index (χ1) is 8.61. The average Bonchev–Trinajstić information content (AvgIpc) is 2.36. The fraction of sp³-hybridized carbons (Fsp3) is 0.462. The first-order valence-corrected chi connectivity index (χ1v) is 7.16. The molecule has 0 saturated carbocycles. The van der Waals surface area contributed by atoms with E-state index < -0.39 is 0 Å². The van der Waals surface area contributed by atoms with Crippen molar-refractivity contribution < 1.29 is 9.53 Å². The number of rotatable bonds is 2. The number of ether oxygens (including phenoxy) is 1. The van der Waals surface area contributed by atoms with Gasteiger partial charge in [0.05, 0.1) is 19.3 Å². The number of nitrogens with zero attached hydrogens (tertiary/aromatic N) is 1. The van der Waals surface area contributed by atoms with Crippen molar-refractivity contribution in [2.24, 2.45) is 0 Å². The third-order valence-electron chi connectivity index (χ3n) is 2.96. The molecule has 1 unspecified atom stereocenters. The Morgan fingerprint density at radius 2 is 2.33 bits per heavy atom. The molecule has 0 bridgehead atoms. The zero-order valence-corrected chi connectivity index (χ0v) is 12.5. The molecular formula is C13H15BrClNO2. The lowest BCUT2D eigenvalue weighted by molar-refractivity contribution is 0.00455. The molecule has 1 aliphatic heterocycles. The summed E-state index contributed by atoms with van der Waals surface area (Å²) in [6.07, 6.45) is 0. The highest BCUT2D eigenvalue weighted by molar-refractivity contribution is 9.10. The lowest BCUT2D eigenvalue weighted by Gasteiger charge is -2.34. The van der Waals surface area contributed by atoms with E-state index in [4.69, 9.17) is 16.3 Å². The van der Waals surface area contributed by atoms with E-state index in [1.165, 1.54) is 0 Å². The summed E-state index contributed by atoms with van der Waals surface area (Å²) in [5.41, 5.74) is 1.75. The molecular weight excluding hydrogens is 318 g/mol. The predicted molar refractivity (Wildman–Crippen MR) is 75.2 cm³/mol. The summed E-state index contributed by atoms with van der Waals surface area (Å²) in [6.45, 7) is 3.66. The van der Waals surface area contributed by atoms with Crippen LogP contribution in [0.3, 0.4) is 0 Å². The van der Waals surface area contributed by atoms with Gasteiger partial charge in [-0.3, -0.25) is 4.79 Å². The largest absolute Gasteiger partial charge is 0.377 e. The van der Waals surface area contributed by atoms with Crippen LogP contribution in [0.5, 0.6) is 0 Å². The summed E-state index contributed by atoms with van der Waals surface area (Å²) >= 11 is 9.30. The van der Waals surface area contributed by atoms with E-state index in [0.717, 1.165) is 10.0 Å². The van der Waals surface area contributed by atoms with E-state index >= 15 is 0 Å². The van der Waals surface area contributed by atoms with Crippen LogP contribution in [0.25, 0.3) is 0 Å². The highest BCUT2D eigenvalue weighted by Gasteiger charge is 2.27. The second-order valence-corrected chi connectivity index (χ2v) is 5.62. The quantitative estimate of drug-likeness (QED) is 0.780. The minimum absolute atomic E-state index is 0.0216. The zero-order chi connectivity index (χ0) is 13.1. The molecule has 1 amide bonds. The molecule has 1 heterocycles. The zero-order valence-electron chi connectivity index (χ0n) is 10.2. The molecule has 1 aliphatic rings. The second-order valence-electron chi connectivity index (χ2n) is 4.40. The lowest BCUT2D eigenvalue weighted by Crippen LogP contribution is -2.49. The molecule has 1 aromatic carbocycles. The van der Waals surface area contributed by atoms with Crippen LogP contribution in [0.1, 0.15) is 15.9 Å². The maximum absolute atomic E-state index is 12.5. The van der Waals surface area contributed by atoms with Crippen molar-refractivity contribution in [3.8, 4) is 0 Å². The van der Waals surface area contributed by atoms with Crippen molar-refractivity contribution in [3.05, 3.63) is 33.8 Å². The average molecular weight is 333 g/mol. The number of amides is 1. The van der Waals surface area contributed by atoms with Crippen LogP contribution in [0.2, 0.25) is 0 Å². The molecule has 0 N–H and O–H groups in total. The fourth-order valence-electron chi connectivity index (χ4n) is 2.08. The Bertz CT molecular complexity index is 432. The number of benzene rings is 1. The van der Waals surface area contributed by atoms with Crippen LogP contribution in [0.4, 0.5) is 0 Å². The van der Waals surface area contributed by atoms with E-state index in [2.05, 4.69) is 15.9 Å². The van der Waals surface area contributed by atoms with E-state index in [1.54, 1.807) is 4.90 Å². The summed E-state index contributed by atoms with van der Waals surface area (Å²) in [7, 11) is 0. The van der Waals surface area contributed by atoms with Gasteiger partial charge in [-0.1, -0.05) is 15.9 Å². The highest BCUT2D eigenvalue weighted by atomic mass is 79.9. The number of alkyl halides is 1. The first-order valence-electron chi connectivity index (χ1n) is 5.83. The van der Waals surface area contributed by atoms with Gasteiger partial charge in [-0.05, 0) is 30.7 Å². The van der Waals surface area contributed by atoms with E-state index in [1.807, 2.05) is 25.1 Å². The van der Waals surface area contributed by atoms with Crippen LogP contribution in [-0.2, 0) is 4.74 Å². The molecule has 0 aliphatic carbocycles. The highest BCUT2D eigenvalue weighted by Crippen LogP contribution is 2.19.